The molecule has 0 radical (unpaired) electrons. The van der Waals surface area contributed by atoms with Crippen LogP contribution >= 0.6 is 0 Å². The van der Waals surface area contributed by atoms with Crippen molar-refractivity contribution < 1.29 is 32.2 Å². The number of carbonyl (C=O) groups is 1. The Morgan fingerprint density at radius 2 is 1.77 bits per heavy atom. The van der Waals surface area contributed by atoms with Crippen LogP contribution in [0.15, 0.2) is 30.5 Å². The fourth-order valence-electron chi connectivity index (χ4n) is 5.28. The predicted octanol–water partition coefficient (Wildman–Crippen LogP) is 4.86. The van der Waals surface area contributed by atoms with Crippen molar-refractivity contribution in [3.05, 3.63) is 58.7 Å². The number of hydrogen-bond donors (Lipinski definition) is 2. The van der Waals surface area contributed by atoms with Crippen LogP contribution in [0.1, 0.15) is 58.8 Å². The van der Waals surface area contributed by atoms with E-state index in [0.717, 1.165) is 28.8 Å². The highest BCUT2D eigenvalue weighted by Gasteiger charge is 2.32. The molecule has 1 amide bonds. The first kappa shape index (κ1) is 23.6. The van der Waals surface area contributed by atoms with Crippen LogP contribution in [0.5, 0.6) is 5.75 Å². The molecule has 35 heavy (non-hydrogen) atoms. The number of H-pyrrole nitrogens is 1. The molecule has 2 aromatic heterocycles. The highest BCUT2D eigenvalue weighted by atomic mass is 19.4. The number of aliphatic hydroxyl groups excluding tert-OH is 1. The quantitative estimate of drug-likeness (QED) is 0.405. The van der Waals surface area contributed by atoms with Crippen LogP contribution in [-0.4, -0.2) is 51.4 Å². The summed E-state index contributed by atoms with van der Waals surface area (Å²) in [5.74, 6) is -1.13. The van der Waals surface area contributed by atoms with Crippen molar-refractivity contribution in [1.29, 1.82) is 0 Å². The molecule has 6 nitrogen and oxygen atoms in total. The molecule has 3 aromatic rings. The molecular formula is C25H25F4N3O3. The van der Waals surface area contributed by atoms with Crippen molar-refractivity contribution in [3.8, 4) is 5.75 Å². The topological polar surface area (TPSA) is 78.5 Å². The summed E-state index contributed by atoms with van der Waals surface area (Å²) < 4.78 is 56.1. The Hall–Kier alpha value is -3.14. The molecule has 5 rings (SSSR count). The number of nitrogens with zero attached hydrogens (tertiary/aromatic N) is 2. The maximum atomic E-state index is 15.1. The number of carbonyl (C=O) groups excluding carboxylic acids is 1. The van der Waals surface area contributed by atoms with Gasteiger partial charge in [-0.15, -0.1) is 13.2 Å². The van der Waals surface area contributed by atoms with Crippen molar-refractivity contribution in [3.63, 3.8) is 0 Å². The second-order valence-corrected chi connectivity index (χ2v) is 9.20. The third-order valence-electron chi connectivity index (χ3n) is 6.99. The van der Waals surface area contributed by atoms with E-state index in [-0.39, 0.29) is 35.1 Å². The Bertz CT molecular complexity index is 1230. The molecule has 1 aliphatic carbocycles. The Morgan fingerprint density at radius 1 is 1.09 bits per heavy atom. The van der Waals surface area contributed by atoms with Crippen molar-refractivity contribution in [2.45, 2.75) is 56.9 Å². The number of aromatic amines is 1. The van der Waals surface area contributed by atoms with E-state index >= 15 is 4.39 Å². The monoisotopic (exact) mass is 491 g/mol. The van der Waals surface area contributed by atoms with Crippen molar-refractivity contribution in [2.24, 2.45) is 0 Å². The summed E-state index contributed by atoms with van der Waals surface area (Å²) in [5.41, 5.74) is 3.57. The highest BCUT2D eigenvalue weighted by molar-refractivity contribution is 5.94. The minimum absolute atomic E-state index is 0.0970. The van der Waals surface area contributed by atoms with Crippen molar-refractivity contribution in [1.82, 2.24) is 14.9 Å². The van der Waals surface area contributed by atoms with Crippen LogP contribution < -0.4 is 4.74 Å². The van der Waals surface area contributed by atoms with Crippen molar-refractivity contribution >= 4 is 16.9 Å². The minimum Gasteiger partial charge on any atom is -0.406 e. The summed E-state index contributed by atoms with van der Waals surface area (Å²) in [5, 5.41) is 10.9. The number of amides is 1. The summed E-state index contributed by atoms with van der Waals surface area (Å²) in [6, 6.07) is 4.85. The van der Waals surface area contributed by atoms with Crippen LogP contribution in [-0.2, 0) is 12.8 Å². The first-order chi connectivity index (χ1) is 16.7. The summed E-state index contributed by atoms with van der Waals surface area (Å²) in [6.07, 6.45) is -0.202. The average Bonchev–Trinajstić information content (AvgIpc) is 3.07. The first-order valence-corrected chi connectivity index (χ1v) is 11.7. The summed E-state index contributed by atoms with van der Waals surface area (Å²) >= 11 is 0. The number of benzene rings is 1. The fourth-order valence-corrected chi connectivity index (χ4v) is 5.28. The van der Waals surface area contributed by atoms with E-state index in [0.29, 0.717) is 62.8 Å². The lowest BCUT2D eigenvalue weighted by Crippen LogP contribution is -2.38. The Morgan fingerprint density at radius 3 is 2.46 bits per heavy atom. The van der Waals surface area contributed by atoms with E-state index in [2.05, 4.69) is 14.7 Å². The van der Waals surface area contributed by atoms with Gasteiger partial charge in [0, 0.05) is 35.3 Å². The first-order valence-electron chi connectivity index (χ1n) is 11.7. The standard InChI is InChI=1S/C25H25F4N3O3/c26-19-13-30-23-22(18-7-3-16(33)4-8-20(18)31-23)21(19)14-9-11-32(12-10-14)24(34)15-1-5-17(6-2-15)35-25(27,28)29/h1-2,5-6,13-14,16,33H,3-4,7-12H2,(H,30,31)/t16-/m1/s1. The molecule has 0 unspecified atom stereocenters. The number of hydrogen-bond acceptors (Lipinski definition) is 4. The number of likely N-dealkylation sites (tertiary alicyclic amines) is 1. The number of aromatic nitrogens is 2. The number of pyridine rings is 1. The molecule has 1 saturated heterocycles. The molecule has 1 aromatic carbocycles. The van der Waals surface area contributed by atoms with Gasteiger partial charge < -0.3 is 19.7 Å². The number of aliphatic hydroxyl groups is 1. The van der Waals surface area contributed by atoms with Gasteiger partial charge in [-0.3, -0.25) is 4.79 Å². The van der Waals surface area contributed by atoms with Crippen LogP contribution in [0, 0.1) is 5.82 Å². The van der Waals surface area contributed by atoms with Gasteiger partial charge in [-0.05, 0) is 74.3 Å². The second-order valence-electron chi connectivity index (χ2n) is 9.20. The summed E-state index contributed by atoms with van der Waals surface area (Å²) in [4.78, 5) is 22.1. The number of fused-ring (bicyclic) bond motifs is 3. The van der Waals surface area contributed by atoms with E-state index in [1.807, 2.05) is 0 Å². The SMILES string of the molecule is O=C(c1ccc(OC(F)(F)F)cc1)N1CCC(c2c(F)cnc3[nH]c4c(c23)CC[C@@H](O)CC4)CC1. The van der Waals surface area contributed by atoms with E-state index in [9.17, 15) is 23.1 Å². The maximum Gasteiger partial charge on any atom is 0.573 e. The highest BCUT2D eigenvalue weighted by Crippen LogP contribution is 2.39. The largest absolute Gasteiger partial charge is 0.573 e. The Kier molecular flexibility index (Phi) is 6.16. The number of rotatable bonds is 3. The zero-order valence-corrected chi connectivity index (χ0v) is 18.9. The van der Waals surface area contributed by atoms with Gasteiger partial charge in [0.05, 0.1) is 12.3 Å². The minimum atomic E-state index is -4.79. The van der Waals surface area contributed by atoms with Crippen LogP contribution in [0.25, 0.3) is 11.0 Å². The second kappa shape index (κ2) is 9.14. The van der Waals surface area contributed by atoms with E-state index in [1.165, 1.54) is 18.3 Å². The number of alkyl halides is 3. The summed E-state index contributed by atoms with van der Waals surface area (Å²) in [6.45, 7) is 0.803. The van der Waals surface area contributed by atoms with Gasteiger partial charge in [0.2, 0.25) is 0 Å². The van der Waals surface area contributed by atoms with E-state index in [4.69, 9.17) is 0 Å². The molecule has 2 aliphatic rings. The number of aryl methyl sites for hydroxylation is 2. The van der Waals surface area contributed by atoms with E-state index < -0.39 is 6.36 Å². The lowest BCUT2D eigenvalue weighted by atomic mass is 9.86. The van der Waals surface area contributed by atoms with Gasteiger partial charge in [-0.2, -0.15) is 0 Å². The molecule has 0 saturated carbocycles. The lowest BCUT2D eigenvalue weighted by Gasteiger charge is -2.33. The molecule has 1 aliphatic heterocycles. The molecule has 2 N–H and O–H groups in total. The van der Waals surface area contributed by atoms with E-state index in [1.54, 1.807) is 4.90 Å². The number of nitrogens with one attached hydrogen (secondary N) is 1. The number of piperidine rings is 1. The zero-order valence-electron chi connectivity index (χ0n) is 18.9. The molecule has 10 heteroatoms. The number of ether oxygens (including phenoxy) is 1. The summed E-state index contributed by atoms with van der Waals surface area (Å²) in [7, 11) is 0. The molecular weight excluding hydrogens is 466 g/mol. The molecule has 0 spiro atoms. The predicted molar refractivity (Wildman–Crippen MR) is 120 cm³/mol. The fraction of sp³-hybridized carbons (Fsp3) is 0.440. The van der Waals surface area contributed by atoms with Crippen LogP contribution in [0.3, 0.4) is 0 Å². The normalized spacial score (nSPS) is 19.5. The maximum absolute atomic E-state index is 15.1. The van der Waals surface area contributed by atoms with Gasteiger partial charge in [-0.1, -0.05) is 0 Å². The molecule has 1 atom stereocenters. The zero-order chi connectivity index (χ0) is 24.7. The lowest BCUT2D eigenvalue weighted by molar-refractivity contribution is -0.274. The van der Waals surface area contributed by atoms with Gasteiger partial charge in [-0.25, -0.2) is 9.37 Å². The Labute approximate surface area is 198 Å². The third kappa shape index (κ3) is 4.84. The van der Waals surface area contributed by atoms with Gasteiger partial charge in [0.25, 0.3) is 5.91 Å². The third-order valence-corrected chi connectivity index (χ3v) is 6.99. The molecule has 186 valence electrons. The van der Waals surface area contributed by atoms with Crippen molar-refractivity contribution in [2.75, 3.05) is 13.1 Å². The molecule has 1 fully saturated rings. The Balaban J connectivity index is 1.32. The van der Waals surface area contributed by atoms with Gasteiger partial charge in [0.1, 0.15) is 17.2 Å². The van der Waals surface area contributed by atoms with Gasteiger partial charge >= 0.3 is 6.36 Å². The van der Waals surface area contributed by atoms with Crippen LogP contribution in [0.2, 0.25) is 0 Å². The smallest absolute Gasteiger partial charge is 0.406 e. The molecule has 0 bridgehead atoms. The molecule has 3 heterocycles. The van der Waals surface area contributed by atoms with Gasteiger partial charge in [0.15, 0.2) is 0 Å². The number of halogens is 4. The average molecular weight is 491 g/mol. The van der Waals surface area contributed by atoms with Crippen LogP contribution in [0.4, 0.5) is 17.6 Å².